The van der Waals surface area contributed by atoms with E-state index in [1.807, 2.05) is 6.07 Å². The van der Waals surface area contributed by atoms with Crippen LogP contribution in [-0.4, -0.2) is 19.9 Å². The molecule has 18 aromatic carbocycles. The van der Waals surface area contributed by atoms with E-state index in [0.29, 0.717) is 17.5 Å². The molecule has 2 spiro atoms. The molecule has 0 amide bonds. The second-order valence-electron chi connectivity index (χ2n) is 31.3. The molecule has 0 saturated carbocycles. The Kier molecular flexibility index (Phi) is 13.2. The zero-order valence-corrected chi connectivity index (χ0v) is 61.7. The van der Waals surface area contributed by atoms with Crippen molar-refractivity contribution in [1.82, 2.24) is 19.9 Å². The molecule has 114 heavy (non-hydrogen) atoms. The maximum absolute atomic E-state index is 5.60. The summed E-state index contributed by atoms with van der Waals surface area (Å²) in [5, 5.41) is 10.3. The van der Waals surface area contributed by atoms with Crippen molar-refractivity contribution in [2.24, 2.45) is 0 Å². The van der Waals surface area contributed by atoms with E-state index in [1.54, 1.807) is 0 Å². The van der Waals surface area contributed by atoms with E-state index < -0.39 is 10.8 Å². The molecular weight excluding hydrogens is 1380 g/mol. The van der Waals surface area contributed by atoms with Crippen LogP contribution in [0.25, 0.3) is 200 Å². The van der Waals surface area contributed by atoms with E-state index >= 15 is 0 Å². The van der Waals surface area contributed by atoms with Gasteiger partial charge >= 0.3 is 0 Å². The van der Waals surface area contributed by atoms with Gasteiger partial charge in [0.1, 0.15) is 0 Å². The minimum Gasteiger partial charge on any atom is -0.248 e. The third kappa shape index (κ3) is 8.76. The molecule has 2 heterocycles. The number of rotatable bonds is 8. The van der Waals surface area contributed by atoms with Crippen LogP contribution >= 0.6 is 0 Å². The predicted molar refractivity (Wildman–Crippen MR) is 468 cm³/mol. The van der Waals surface area contributed by atoms with Crippen molar-refractivity contribution in [1.29, 1.82) is 0 Å². The summed E-state index contributed by atoms with van der Waals surface area (Å²) in [6, 6.07) is 144. The lowest BCUT2D eigenvalue weighted by Gasteiger charge is -2.31. The van der Waals surface area contributed by atoms with Gasteiger partial charge in [0.2, 0.25) is 0 Å². The smallest absolute Gasteiger partial charge is 0.164 e. The van der Waals surface area contributed by atoms with Crippen molar-refractivity contribution in [2.75, 3.05) is 0 Å². The van der Waals surface area contributed by atoms with Crippen molar-refractivity contribution >= 4 is 43.1 Å². The summed E-state index contributed by atoms with van der Waals surface area (Å²) in [5.74, 6) is 1.86. The Morgan fingerprint density at radius 3 is 1.11 bits per heavy atom. The summed E-state index contributed by atoms with van der Waals surface area (Å²) in [4.78, 5) is 21.7. The maximum Gasteiger partial charge on any atom is 0.164 e. The molecule has 0 N–H and O–H groups in total. The normalized spacial score (nSPS) is 15.1. The number of nitrogens with zero attached hydrogens (tertiary/aromatic N) is 4. The summed E-state index contributed by atoms with van der Waals surface area (Å²) in [6.45, 7) is 0. The highest BCUT2D eigenvalue weighted by atomic mass is 15.0. The lowest BCUT2D eigenvalue weighted by molar-refractivity contribution is 0.795. The van der Waals surface area contributed by atoms with Crippen LogP contribution in [0.1, 0.15) is 44.5 Å². The molecule has 0 bridgehead atoms. The number of hydrogen-bond donors (Lipinski definition) is 0. The number of benzene rings is 18. The topological polar surface area (TPSA) is 51.6 Å². The molecule has 0 aliphatic heterocycles. The third-order valence-electron chi connectivity index (χ3n) is 25.7. The molecule has 2 unspecified atom stereocenters. The van der Waals surface area contributed by atoms with Gasteiger partial charge in [-0.15, -0.1) is 0 Å². The zero-order valence-electron chi connectivity index (χ0n) is 61.7. The highest BCUT2D eigenvalue weighted by molar-refractivity contribution is 6.27. The van der Waals surface area contributed by atoms with E-state index in [9.17, 15) is 0 Å². The first-order chi connectivity index (χ1) is 56.5. The Labute approximate surface area is 659 Å². The molecule has 2 atom stereocenters. The molecule has 25 rings (SSSR count). The highest BCUT2D eigenvalue weighted by Gasteiger charge is 2.54. The van der Waals surface area contributed by atoms with Crippen LogP contribution in [0.2, 0.25) is 0 Å². The number of pyridine rings is 1. The lowest BCUT2D eigenvalue weighted by atomic mass is 9.70. The molecule has 5 aliphatic rings. The van der Waals surface area contributed by atoms with Crippen molar-refractivity contribution in [3.8, 4) is 157 Å². The molecule has 0 fully saturated rings. The minimum absolute atomic E-state index is 0.578. The van der Waals surface area contributed by atoms with Crippen LogP contribution in [0.4, 0.5) is 0 Å². The largest absolute Gasteiger partial charge is 0.248 e. The average Bonchev–Trinajstić information content (AvgIpc) is 1.51. The first-order valence-electron chi connectivity index (χ1n) is 39.5. The van der Waals surface area contributed by atoms with E-state index in [2.05, 4.69) is 382 Å². The van der Waals surface area contributed by atoms with Crippen molar-refractivity contribution in [3.05, 3.63) is 433 Å². The Balaban J connectivity index is 0.560. The van der Waals surface area contributed by atoms with E-state index in [0.717, 1.165) is 72.6 Å². The molecule has 0 saturated heterocycles. The van der Waals surface area contributed by atoms with Crippen molar-refractivity contribution in [3.63, 3.8) is 0 Å². The van der Waals surface area contributed by atoms with Gasteiger partial charge < -0.3 is 0 Å². The fourth-order valence-corrected chi connectivity index (χ4v) is 20.8. The van der Waals surface area contributed by atoms with E-state index in [4.69, 9.17) is 19.9 Å². The molecule has 4 nitrogen and oxygen atoms in total. The lowest BCUT2D eigenvalue weighted by Crippen LogP contribution is -2.26. The van der Waals surface area contributed by atoms with Gasteiger partial charge in [-0.05, 0) is 236 Å². The molecule has 524 valence electrons. The Bertz CT molecular complexity index is 7590. The summed E-state index contributed by atoms with van der Waals surface area (Å²) < 4.78 is 0. The first-order valence-corrected chi connectivity index (χ1v) is 39.5. The average molecular weight is 1440 g/mol. The Hall–Kier alpha value is -14.8. The zero-order chi connectivity index (χ0) is 74.5. The molecule has 2 aromatic heterocycles. The van der Waals surface area contributed by atoms with Crippen molar-refractivity contribution < 1.29 is 0 Å². The van der Waals surface area contributed by atoms with E-state index in [1.165, 1.54) is 154 Å². The molecule has 0 radical (unpaired) electrons. The summed E-state index contributed by atoms with van der Waals surface area (Å²) in [5.41, 5.74) is 38.0. The van der Waals surface area contributed by atoms with Crippen LogP contribution in [0.5, 0.6) is 0 Å². The van der Waals surface area contributed by atoms with Crippen LogP contribution < -0.4 is 0 Å². The number of fused-ring (bicyclic) bond motifs is 30. The summed E-state index contributed by atoms with van der Waals surface area (Å²) in [7, 11) is 0. The monoisotopic (exact) mass is 1440 g/mol. The van der Waals surface area contributed by atoms with Gasteiger partial charge in [-0.25, -0.2) is 19.9 Å². The fourth-order valence-electron chi connectivity index (χ4n) is 20.8. The molecule has 5 aliphatic carbocycles. The van der Waals surface area contributed by atoms with Gasteiger partial charge in [0.25, 0.3) is 0 Å². The first kappa shape index (κ1) is 63.0. The summed E-state index contributed by atoms with van der Waals surface area (Å²) >= 11 is 0. The fraction of sp³-hybridized carbons (Fsp3) is 0.0182. The second kappa shape index (κ2) is 23.8. The molecule has 4 heteroatoms. The molecular formula is C110H64N4. The van der Waals surface area contributed by atoms with Gasteiger partial charge in [-0.3, -0.25) is 0 Å². The SMILES string of the molecule is c1ccc(-c2cc(-c3cccc(-c4ccc(-c5ccc(-c6nc(-c7ccccc7)nc(-c7ccc8c(c7)C7(c9ccccc9-8)c8ccccc8-c8c7cc7c9c(cccc89)-c8ccccc8-7)n6)cc5)cc4)c3)cc(-c3ccc4c(c3)C3(c5ccccc5-4)c4ccccc4-c4cc5c6ccccc6c6ccccc6c5cc43)n2)cc1. The van der Waals surface area contributed by atoms with Gasteiger partial charge in [0.15, 0.2) is 17.5 Å². The van der Waals surface area contributed by atoms with E-state index in [-0.39, 0.29) is 0 Å². The summed E-state index contributed by atoms with van der Waals surface area (Å²) in [6.07, 6.45) is 0. The van der Waals surface area contributed by atoms with Gasteiger partial charge in [0, 0.05) is 27.8 Å². The highest BCUT2D eigenvalue weighted by Crippen LogP contribution is 2.68. The van der Waals surface area contributed by atoms with Crippen LogP contribution in [-0.2, 0) is 10.8 Å². The van der Waals surface area contributed by atoms with Crippen LogP contribution in [0.15, 0.2) is 388 Å². The predicted octanol–water partition coefficient (Wildman–Crippen LogP) is 27.5. The van der Waals surface area contributed by atoms with Crippen LogP contribution in [0, 0.1) is 0 Å². The Morgan fingerprint density at radius 1 is 0.149 bits per heavy atom. The van der Waals surface area contributed by atoms with Gasteiger partial charge in [-0.2, -0.15) is 0 Å². The maximum atomic E-state index is 5.60. The van der Waals surface area contributed by atoms with Crippen LogP contribution in [0.3, 0.4) is 0 Å². The number of hydrogen-bond acceptors (Lipinski definition) is 4. The standard InChI is InChI=1S/C110H64N4/c1-3-23-68(24-4-1)102-60-75(61-103(111-102)73-53-55-85-82-35-13-17-41-94(82)109(98(85)58-73)96-43-19-15-37-84(96)92-62-90-79-32-10-7-29-76(79)77-30-8-11-33-80(77)91(90)63-100(92)109)72-28-21-27-71(57-72)67-47-45-65(46-48-67)66-49-51-70(52-50-66)107-112-106(69-25-5-2-6-26-69)113-108(114-107)74-54-56-86-83-36-14-18-42-95(83)110(99(86)59-74)97-44-20-16-38-88(97)105-89-40-22-39-87-78-31-9-12-34-81(78)93(104(87)89)64-101(105)110/h1-64H. The Morgan fingerprint density at radius 2 is 0.509 bits per heavy atom. The minimum atomic E-state index is -0.602. The quantitative estimate of drug-likeness (QED) is 0.142. The third-order valence-corrected chi connectivity index (χ3v) is 25.7. The molecule has 20 aromatic rings. The van der Waals surface area contributed by atoms with Crippen molar-refractivity contribution in [2.45, 2.75) is 10.8 Å². The second-order valence-corrected chi connectivity index (χ2v) is 31.3. The van der Waals surface area contributed by atoms with Gasteiger partial charge in [0.05, 0.1) is 22.2 Å². The van der Waals surface area contributed by atoms with Gasteiger partial charge in [-0.1, -0.05) is 340 Å². The number of aromatic nitrogens is 4.